The van der Waals surface area contributed by atoms with Crippen LogP contribution in [0.5, 0.6) is 6.01 Å². The van der Waals surface area contributed by atoms with Crippen molar-refractivity contribution in [1.29, 1.82) is 0 Å². The molecule has 1 aliphatic carbocycles. The first-order chi connectivity index (χ1) is 9.76. The molecular formula is C14H21ClN4O. The largest absolute Gasteiger partial charge is 0.467 e. The number of nitrogens with zero attached hydrogens (tertiary/aromatic N) is 3. The summed E-state index contributed by atoms with van der Waals surface area (Å²) < 4.78 is 5.13. The maximum absolute atomic E-state index is 6.29. The normalized spacial score (nSPS) is 22.0. The van der Waals surface area contributed by atoms with E-state index in [2.05, 4.69) is 20.2 Å². The van der Waals surface area contributed by atoms with Gasteiger partial charge in [0.1, 0.15) is 5.02 Å². The molecule has 1 N–H and O–H groups in total. The van der Waals surface area contributed by atoms with Crippen molar-refractivity contribution in [1.82, 2.24) is 15.3 Å². The fourth-order valence-corrected chi connectivity index (χ4v) is 2.91. The van der Waals surface area contributed by atoms with Gasteiger partial charge in [-0.15, -0.1) is 0 Å². The molecule has 0 bridgehead atoms. The molecule has 2 heterocycles. The van der Waals surface area contributed by atoms with Crippen LogP contribution in [0.2, 0.25) is 5.02 Å². The van der Waals surface area contributed by atoms with E-state index in [0.29, 0.717) is 17.1 Å². The highest BCUT2D eigenvalue weighted by Crippen LogP contribution is 2.33. The molecule has 2 aliphatic rings. The Hall–Kier alpha value is -1.07. The van der Waals surface area contributed by atoms with Crippen molar-refractivity contribution < 1.29 is 4.74 Å². The van der Waals surface area contributed by atoms with E-state index in [1.165, 1.54) is 25.7 Å². The number of aromatic nitrogens is 2. The number of nitrogens with one attached hydrogen (secondary N) is 1. The van der Waals surface area contributed by atoms with Gasteiger partial charge in [-0.3, -0.25) is 0 Å². The van der Waals surface area contributed by atoms with Crippen LogP contribution in [0.1, 0.15) is 25.7 Å². The van der Waals surface area contributed by atoms with E-state index in [1.807, 2.05) is 0 Å². The molecule has 0 radical (unpaired) electrons. The van der Waals surface area contributed by atoms with Gasteiger partial charge in [0.15, 0.2) is 5.82 Å². The van der Waals surface area contributed by atoms with Gasteiger partial charge in [-0.05, 0) is 38.1 Å². The monoisotopic (exact) mass is 296 g/mol. The average Bonchev–Trinajstić information content (AvgIpc) is 3.12. The molecular weight excluding hydrogens is 276 g/mol. The minimum atomic E-state index is 0.379. The second-order valence-corrected chi connectivity index (χ2v) is 6.08. The van der Waals surface area contributed by atoms with Crippen molar-refractivity contribution >= 4 is 17.4 Å². The van der Waals surface area contributed by atoms with Gasteiger partial charge in [-0.25, -0.2) is 4.98 Å². The lowest BCUT2D eigenvalue weighted by Crippen LogP contribution is -2.39. The lowest BCUT2D eigenvalue weighted by molar-refractivity contribution is 0.379. The second kappa shape index (κ2) is 6.14. The van der Waals surface area contributed by atoms with Gasteiger partial charge in [-0.2, -0.15) is 4.98 Å². The highest BCUT2D eigenvalue weighted by atomic mass is 35.5. The lowest BCUT2D eigenvalue weighted by atomic mass is 10.2. The topological polar surface area (TPSA) is 50.3 Å². The molecule has 1 unspecified atom stereocenters. The van der Waals surface area contributed by atoms with Crippen LogP contribution in [-0.2, 0) is 0 Å². The van der Waals surface area contributed by atoms with Crippen molar-refractivity contribution in [2.45, 2.75) is 31.7 Å². The van der Waals surface area contributed by atoms with Gasteiger partial charge in [-0.1, -0.05) is 11.6 Å². The van der Waals surface area contributed by atoms with Gasteiger partial charge < -0.3 is 15.0 Å². The van der Waals surface area contributed by atoms with E-state index >= 15 is 0 Å². The van der Waals surface area contributed by atoms with E-state index in [9.17, 15) is 0 Å². The van der Waals surface area contributed by atoms with Gasteiger partial charge in [0.05, 0.1) is 13.3 Å². The number of ether oxygens (including phenoxy) is 1. The fraction of sp³-hybridized carbons (Fsp3) is 0.714. The van der Waals surface area contributed by atoms with Crippen molar-refractivity contribution in [2.24, 2.45) is 5.92 Å². The zero-order valence-corrected chi connectivity index (χ0v) is 12.6. The third-order valence-corrected chi connectivity index (χ3v) is 4.23. The Balaban J connectivity index is 1.78. The van der Waals surface area contributed by atoms with Gasteiger partial charge in [0, 0.05) is 19.1 Å². The highest BCUT2D eigenvalue weighted by Gasteiger charge is 2.28. The lowest BCUT2D eigenvalue weighted by Gasteiger charge is -2.27. The number of anilines is 1. The highest BCUT2D eigenvalue weighted by molar-refractivity contribution is 6.32. The van der Waals surface area contributed by atoms with Crippen LogP contribution in [0.4, 0.5) is 5.82 Å². The summed E-state index contributed by atoms with van der Waals surface area (Å²) in [5.41, 5.74) is 0. The van der Waals surface area contributed by atoms with E-state index in [1.54, 1.807) is 13.3 Å². The minimum absolute atomic E-state index is 0.379. The molecule has 3 rings (SSSR count). The van der Waals surface area contributed by atoms with Crippen LogP contribution in [0.15, 0.2) is 6.20 Å². The Labute approximate surface area is 124 Å². The summed E-state index contributed by atoms with van der Waals surface area (Å²) in [6, 6.07) is 0.912. The quantitative estimate of drug-likeness (QED) is 0.871. The zero-order valence-electron chi connectivity index (χ0n) is 11.8. The molecule has 0 spiro atoms. The molecule has 110 valence electrons. The molecule has 1 saturated carbocycles. The molecule has 20 heavy (non-hydrogen) atoms. The SMILES string of the molecule is COc1ncc(Cl)c(N(CC2CC2)CC2CCCN2)n1. The molecule has 0 amide bonds. The van der Waals surface area contributed by atoms with E-state index in [-0.39, 0.29) is 0 Å². The first kappa shape index (κ1) is 13.9. The summed E-state index contributed by atoms with van der Waals surface area (Å²) in [6.45, 7) is 3.09. The maximum Gasteiger partial charge on any atom is 0.318 e. The Morgan fingerprint density at radius 2 is 2.25 bits per heavy atom. The summed E-state index contributed by atoms with van der Waals surface area (Å²) in [4.78, 5) is 10.8. The van der Waals surface area contributed by atoms with Crippen LogP contribution >= 0.6 is 11.6 Å². The zero-order chi connectivity index (χ0) is 13.9. The van der Waals surface area contributed by atoms with Crippen molar-refractivity contribution in [3.8, 4) is 6.01 Å². The van der Waals surface area contributed by atoms with Crippen LogP contribution in [0.25, 0.3) is 0 Å². The number of hydrogen-bond acceptors (Lipinski definition) is 5. The van der Waals surface area contributed by atoms with Gasteiger partial charge in [0.25, 0.3) is 0 Å². The molecule has 2 fully saturated rings. The summed E-state index contributed by atoms with van der Waals surface area (Å²) in [5.74, 6) is 1.59. The first-order valence-electron chi connectivity index (χ1n) is 7.31. The van der Waals surface area contributed by atoms with Crippen LogP contribution in [-0.4, -0.2) is 42.8 Å². The van der Waals surface area contributed by atoms with Gasteiger partial charge >= 0.3 is 6.01 Å². The molecule has 1 aliphatic heterocycles. The van der Waals surface area contributed by atoms with E-state index < -0.39 is 0 Å². The Kier molecular flexibility index (Phi) is 4.27. The molecule has 1 aromatic heterocycles. The predicted molar refractivity (Wildman–Crippen MR) is 79.6 cm³/mol. The molecule has 6 heteroatoms. The fourth-order valence-electron chi connectivity index (χ4n) is 2.70. The minimum Gasteiger partial charge on any atom is -0.467 e. The standard InChI is InChI=1S/C14H21ClN4O/c1-20-14-17-7-12(15)13(18-14)19(8-10-4-5-10)9-11-3-2-6-16-11/h7,10-11,16H,2-6,8-9H2,1H3. The summed E-state index contributed by atoms with van der Waals surface area (Å²) in [5, 5.41) is 4.14. The number of methoxy groups -OCH3 is 1. The van der Waals surface area contributed by atoms with Crippen LogP contribution in [0.3, 0.4) is 0 Å². The smallest absolute Gasteiger partial charge is 0.318 e. The predicted octanol–water partition coefficient (Wildman–Crippen LogP) is 2.11. The molecule has 1 saturated heterocycles. The molecule has 0 aromatic carbocycles. The molecule has 5 nitrogen and oxygen atoms in total. The Bertz CT molecular complexity index is 460. The second-order valence-electron chi connectivity index (χ2n) is 5.67. The van der Waals surface area contributed by atoms with E-state index in [4.69, 9.17) is 16.3 Å². The molecule has 1 atom stereocenters. The molecule has 1 aromatic rings. The van der Waals surface area contributed by atoms with Crippen LogP contribution in [0, 0.1) is 5.92 Å². The third-order valence-electron chi connectivity index (χ3n) is 3.96. The van der Waals surface area contributed by atoms with Crippen molar-refractivity contribution in [3.05, 3.63) is 11.2 Å². The van der Waals surface area contributed by atoms with Gasteiger partial charge in [0.2, 0.25) is 0 Å². The van der Waals surface area contributed by atoms with Crippen molar-refractivity contribution in [2.75, 3.05) is 31.6 Å². The third kappa shape index (κ3) is 3.33. The maximum atomic E-state index is 6.29. The Morgan fingerprint density at radius 1 is 1.40 bits per heavy atom. The summed E-state index contributed by atoms with van der Waals surface area (Å²) in [6.07, 6.45) is 6.73. The first-order valence-corrected chi connectivity index (χ1v) is 7.69. The number of halogens is 1. The van der Waals surface area contributed by atoms with Crippen LogP contribution < -0.4 is 15.0 Å². The van der Waals surface area contributed by atoms with E-state index in [0.717, 1.165) is 31.4 Å². The Morgan fingerprint density at radius 3 is 2.90 bits per heavy atom. The summed E-state index contributed by atoms with van der Waals surface area (Å²) in [7, 11) is 1.58. The average molecular weight is 297 g/mol. The summed E-state index contributed by atoms with van der Waals surface area (Å²) >= 11 is 6.29. The number of rotatable bonds is 6. The van der Waals surface area contributed by atoms with Crippen molar-refractivity contribution in [3.63, 3.8) is 0 Å². The number of hydrogen-bond donors (Lipinski definition) is 1.